The smallest absolute Gasteiger partial charge is 0.257 e. The zero-order valence-corrected chi connectivity index (χ0v) is 14.8. The van der Waals surface area contributed by atoms with Crippen LogP contribution in [0.15, 0.2) is 42.5 Å². The summed E-state index contributed by atoms with van der Waals surface area (Å²) in [6.45, 7) is 4.93. The van der Waals surface area contributed by atoms with Gasteiger partial charge < -0.3 is 15.1 Å². The molecule has 4 nitrogen and oxygen atoms in total. The van der Waals surface area contributed by atoms with Gasteiger partial charge in [0.1, 0.15) is 5.75 Å². The summed E-state index contributed by atoms with van der Waals surface area (Å²) in [5, 5.41) is 20.8. The van der Waals surface area contributed by atoms with Crippen molar-refractivity contribution >= 4 is 5.91 Å². The Hall–Kier alpha value is -2.33. The Kier molecular flexibility index (Phi) is 5.09. The largest absolute Gasteiger partial charge is 0.507 e. The van der Waals surface area contributed by atoms with Crippen molar-refractivity contribution in [2.24, 2.45) is 5.92 Å². The third kappa shape index (κ3) is 3.54. The Morgan fingerprint density at radius 1 is 1.08 bits per heavy atom. The number of benzene rings is 2. The van der Waals surface area contributed by atoms with E-state index in [9.17, 15) is 15.0 Å². The van der Waals surface area contributed by atoms with Gasteiger partial charge in [0.15, 0.2) is 0 Å². The van der Waals surface area contributed by atoms with Crippen molar-refractivity contribution in [2.45, 2.75) is 32.8 Å². The highest BCUT2D eigenvalue weighted by molar-refractivity contribution is 5.97. The number of phenols is 1. The van der Waals surface area contributed by atoms with Crippen molar-refractivity contribution in [2.75, 3.05) is 13.1 Å². The number of aliphatic hydroxyl groups is 1. The van der Waals surface area contributed by atoms with Gasteiger partial charge in [-0.2, -0.15) is 0 Å². The van der Waals surface area contributed by atoms with E-state index in [1.807, 2.05) is 50.2 Å². The third-order valence-electron chi connectivity index (χ3n) is 5.35. The van der Waals surface area contributed by atoms with Gasteiger partial charge in [-0.3, -0.25) is 4.79 Å². The summed E-state index contributed by atoms with van der Waals surface area (Å²) in [5.41, 5.74) is 3.02. The van der Waals surface area contributed by atoms with E-state index in [1.165, 1.54) is 0 Å². The molecule has 0 bridgehead atoms. The van der Waals surface area contributed by atoms with E-state index in [0.29, 0.717) is 18.7 Å². The fourth-order valence-electron chi connectivity index (χ4n) is 3.48. The van der Waals surface area contributed by atoms with Crippen molar-refractivity contribution in [3.8, 4) is 5.75 Å². The number of piperidine rings is 1. The maximum Gasteiger partial charge on any atom is 0.257 e. The minimum absolute atomic E-state index is 0.0800. The molecule has 2 N–H and O–H groups in total. The van der Waals surface area contributed by atoms with Crippen LogP contribution < -0.4 is 0 Å². The van der Waals surface area contributed by atoms with Gasteiger partial charge >= 0.3 is 0 Å². The number of phenolic OH excluding ortho intramolecular Hbond substituents is 1. The molecule has 0 radical (unpaired) electrons. The molecule has 0 spiro atoms. The van der Waals surface area contributed by atoms with Gasteiger partial charge in [0.25, 0.3) is 5.91 Å². The highest BCUT2D eigenvalue weighted by Crippen LogP contribution is 2.32. The topological polar surface area (TPSA) is 60.8 Å². The van der Waals surface area contributed by atoms with E-state index < -0.39 is 6.10 Å². The number of likely N-dealkylation sites (tertiary alicyclic amines) is 1. The normalized spacial score (nSPS) is 16.7. The molecule has 0 saturated carbocycles. The van der Waals surface area contributed by atoms with Gasteiger partial charge in [0.05, 0.1) is 11.7 Å². The van der Waals surface area contributed by atoms with Crippen LogP contribution in [0.1, 0.15) is 46.0 Å². The lowest BCUT2D eigenvalue weighted by atomic mass is 9.87. The molecule has 2 aromatic carbocycles. The van der Waals surface area contributed by atoms with E-state index in [1.54, 1.807) is 11.0 Å². The van der Waals surface area contributed by atoms with Gasteiger partial charge in [-0.15, -0.1) is 0 Å². The molecule has 0 aromatic heterocycles. The van der Waals surface area contributed by atoms with E-state index in [-0.39, 0.29) is 17.6 Å². The Bertz CT molecular complexity index is 749. The van der Waals surface area contributed by atoms with Crippen LogP contribution in [0.4, 0.5) is 0 Å². The summed E-state index contributed by atoms with van der Waals surface area (Å²) in [6, 6.07) is 13.2. The fourth-order valence-corrected chi connectivity index (χ4v) is 3.48. The SMILES string of the molecule is Cc1ccc(C(=O)N2CCC(C(O)c3ccccc3)CC2)c(O)c1C. The molecule has 25 heavy (non-hydrogen) atoms. The van der Waals surface area contributed by atoms with Crippen molar-refractivity contribution in [1.82, 2.24) is 4.90 Å². The standard InChI is InChI=1S/C21H25NO3/c1-14-8-9-18(19(23)15(14)2)21(25)22-12-10-17(11-13-22)20(24)16-6-4-3-5-7-16/h3-9,17,20,23-24H,10-13H2,1-2H3. The lowest BCUT2D eigenvalue weighted by Crippen LogP contribution is -2.39. The number of nitrogens with zero attached hydrogens (tertiary/aromatic N) is 1. The second-order valence-corrected chi connectivity index (χ2v) is 6.89. The van der Waals surface area contributed by atoms with Crippen LogP contribution in [0, 0.1) is 19.8 Å². The number of rotatable bonds is 3. The number of carbonyl (C=O) groups is 1. The molecular weight excluding hydrogens is 314 g/mol. The molecule has 1 unspecified atom stereocenters. The van der Waals surface area contributed by atoms with Gasteiger partial charge in [-0.1, -0.05) is 36.4 Å². The van der Waals surface area contributed by atoms with Gasteiger partial charge in [0.2, 0.25) is 0 Å². The Balaban J connectivity index is 1.66. The molecule has 1 saturated heterocycles. The number of amides is 1. The first kappa shape index (κ1) is 17.5. The molecule has 2 aromatic rings. The second kappa shape index (κ2) is 7.28. The summed E-state index contributed by atoms with van der Waals surface area (Å²) in [4.78, 5) is 14.5. The molecule has 1 aliphatic rings. The maximum absolute atomic E-state index is 12.7. The van der Waals surface area contributed by atoms with E-state index in [2.05, 4.69) is 0 Å². The average molecular weight is 339 g/mol. The number of aliphatic hydroxyl groups excluding tert-OH is 1. The number of hydrogen-bond donors (Lipinski definition) is 2. The first-order valence-corrected chi connectivity index (χ1v) is 8.80. The molecule has 132 valence electrons. The van der Waals surface area contributed by atoms with Crippen LogP contribution in [0.5, 0.6) is 5.75 Å². The van der Waals surface area contributed by atoms with E-state index >= 15 is 0 Å². The Labute approximate surface area is 148 Å². The fraction of sp³-hybridized carbons (Fsp3) is 0.381. The second-order valence-electron chi connectivity index (χ2n) is 6.89. The highest BCUT2D eigenvalue weighted by atomic mass is 16.3. The van der Waals surface area contributed by atoms with Crippen molar-refractivity contribution in [1.29, 1.82) is 0 Å². The molecule has 3 rings (SSSR count). The van der Waals surface area contributed by atoms with Gasteiger partial charge in [-0.25, -0.2) is 0 Å². The predicted octanol–water partition coefficient (Wildman–Crippen LogP) is 3.59. The number of carbonyl (C=O) groups excluding carboxylic acids is 1. The van der Waals surface area contributed by atoms with Gasteiger partial charge in [0, 0.05) is 13.1 Å². The van der Waals surface area contributed by atoms with E-state index in [4.69, 9.17) is 0 Å². The molecular formula is C21H25NO3. The van der Waals surface area contributed by atoms with Gasteiger partial charge in [-0.05, 0) is 55.4 Å². The summed E-state index contributed by atoms with van der Waals surface area (Å²) in [7, 11) is 0. The molecule has 4 heteroatoms. The monoisotopic (exact) mass is 339 g/mol. The quantitative estimate of drug-likeness (QED) is 0.898. The van der Waals surface area contributed by atoms with E-state index in [0.717, 1.165) is 29.5 Å². The molecule has 1 atom stereocenters. The van der Waals surface area contributed by atoms with Crippen LogP contribution in [0.3, 0.4) is 0 Å². The first-order valence-electron chi connectivity index (χ1n) is 8.80. The zero-order valence-electron chi connectivity index (χ0n) is 14.8. The minimum Gasteiger partial charge on any atom is -0.507 e. The summed E-state index contributed by atoms with van der Waals surface area (Å²) in [5.74, 6) is 0.101. The zero-order chi connectivity index (χ0) is 18.0. The lowest BCUT2D eigenvalue weighted by molar-refractivity contribution is 0.0460. The number of hydrogen-bond acceptors (Lipinski definition) is 3. The molecule has 1 aliphatic heterocycles. The third-order valence-corrected chi connectivity index (χ3v) is 5.35. The predicted molar refractivity (Wildman–Crippen MR) is 97.6 cm³/mol. The molecule has 1 fully saturated rings. The van der Waals surface area contributed by atoms with Crippen LogP contribution >= 0.6 is 0 Å². The molecule has 1 heterocycles. The summed E-state index contributed by atoms with van der Waals surface area (Å²) < 4.78 is 0. The lowest BCUT2D eigenvalue weighted by Gasteiger charge is -2.34. The van der Waals surface area contributed by atoms with Crippen LogP contribution in [0.25, 0.3) is 0 Å². The van der Waals surface area contributed by atoms with Crippen LogP contribution in [0.2, 0.25) is 0 Å². The van der Waals surface area contributed by atoms with Crippen molar-refractivity contribution in [3.63, 3.8) is 0 Å². The Morgan fingerprint density at radius 3 is 2.36 bits per heavy atom. The Morgan fingerprint density at radius 2 is 1.72 bits per heavy atom. The highest BCUT2D eigenvalue weighted by Gasteiger charge is 2.29. The first-order chi connectivity index (χ1) is 12.0. The molecule has 1 amide bonds. The molecule has 0 aliphatic carbocycles. The summed E-state index contributed by atoms with van der Waals surface area (Å²) >= 11 is 0. The summed E-state index contributed by atoms with van der Waals surface area (Å²) in [6.07, 6.45) is 1.02. The van der Waals surface area contributed by atoms with Crippen molar-refractivity contribution < 1.29 is 15.0 Å². The number of aromatic hydroxyl groups is 1. The van der Waals surface area contributed by atoms with Crippen LogP contribution in [-0.4, -0.2) is 34.1 Å². The van der Waals surface area contributed by atoms with Crippen molar-refractivity contribution in [3.05, 3.63) is 64.7 Å². The minimum atomic E-state index is -0.492. The average Bonchev–Trinajstić information content (AvgIpc) is 2.66. The number of aryl methyl sites for hydroxylation is 1. The maximum atomic E-state index is 12.7. The van der Waals surface area contributed by atoms with Crippen LogP contribution in [-0.2, 0) is 0 Å².